The molecule has 134 valence electrons. The number of nitrogens with one attached hydrogen (secondary N) is 1. The normalized spacial score (nSPS) is 10.7. The van der Waals surface area contributed by atoms with Crippen LogP contribution >= 0.6 is 11.6 Å². The van der Waals surface area contributed by atoms with Gasteiger partial charge < -0.3 is 9.88 Å². The Morgan fingerprint density at radius 1 is 0.963 bits per heavy atom. The second-order valence-electron chi connectivity index (χ2n) is 5.92. The number of aromatic nitrogens is 4. The lowest BCUT2D eigenvalue weighted by molar-refractivity contribution is 0.102. The molecule has 0 radical (unpaired) electrons. The van der Waals surface area contributed by atoms with Gasteiger partial charge in [-0.3, -0.25) is 4.79 Å². The molecule has 7 heteroatoms. The van der Waals surface area contributed by atoms with Gasteiger partial charge in [0.05, 0.1) is 6.54 Å². The highest BCUT2D eigenvalue weighted by Crippen LogP contribution is 2.20. The topological polar surface area (TPSA) is 64.7 Å². The molecule has 0 aliphatic heterocycles. The molecule has 6 nitrogen and oxygen atoms in total. The van der Waals surface area contributed by atoms with Crippen molar-refractivity contribution in [2.24, 2.45) is 0 Å². The van der Waals surface area contributed by atoms with E-state index in [4.69, 9.17) is 11.6 Å². The molecular formula is C20H16ClN5O. The summed E-state index contributed by atoms with van der Waals surface area (Å²) < 4.78 is 3.48. The Bertz CT molecular complexity index is 1060. The van der Waals surface area contributed by atoms with Crippen LogP contribution in [0, 0.1) is 0 Å². The number of carbonyl (C=O) groups is 1. The standard InChI is InChI=1S/C20H16ClN5O/c21-17-11-5-4-8-15(17)14-26-20(25-12-6-7-13-25)18(23-24-26)19(27)22-16-9-2-1-3-10-16/h1-13H,14H2,(H,22,27). The predicted molar refractivity (Wildman–Crippen MR) is 104 cm³/mol. The number of anilines is 1. The van der Waals surface area contributed by atoms with Gasteiger partial charge >= 0.3 is 0 Å². The number of rotatable bonds is 5. The molecular weight excluding hydrogens is 362 g/mol. The van der Waals surface area contributed by atoms with Crippen molar-refractivity contribution in [1.29, 1.82) is 0 Å². The van der Waals surface area contributed by atoms with E-state index in [1.54, 1.807) is 4.68 Å². The van der Waals surface area contributed by atoms with Crippen molar-refractivity contribution in [3.63, 3.8) is 0 Å². The van der Waals surface area contributed by atoms with E-state index in [-0.39, 0.29) is 11.6 Å². The van der Waals surface area contributed by atoms with Crippen LogP contribution in [0.1, 0.15) is 16.1 Å². The zero-order valence-corrected chi connectivity index (χ0v) is 15.0. The smallest absolute Gasteiger partial charge is 0.280 e. The molecule has 0 saturated carbocycles. The number of hydrogen-bond donors (Lipinski definition) is 1. The zero-order chi connectivity index (χ0) is 18.6. The predicted octanol–water partition coefficient (Wildman–Crippen LogP) is 4.02. The highest BCUT2D eigenvalue weighted by Gasteiger charge is 2.21. The summed E-state index contributed by atoms with van der Waals surface area (Å²) in [6, 6.07) is 20.5. The van der Waals surface area contributed by atoms with Gasteiger partial charge in [0.2, 0.25) is 0 Å². The van der Waals surface area contributed by atoms with Crippen molar-refractivity contribution < 1.29 is 4.79 Å². The largest absolute Gasteiger partial charge is 0.320 e. The van der Waals surface area contributed by atoms with E-state index >= 15 is 0 Å². The average Bonchev–Trinajstić information content (AvgIpc) is 3.34. The van der Waals surface area contributed by atoms with Gasteiger partial charge in [0, 0.05) is 23.1 Å². The van der Waals surface area contributed by atoms with Crippen LogP contribution in [0.4, 0.5) is 5.69 Å². The first-order chi connectivity index (χ1) is 13.2. The summed E-state index contributed by atoms with van der Waals surface area (Å²) in [4.78, 5) is 12.8. The summed E-state index contributed by atoms with van der Waals surface area (Å²) in [6.45, 7) is 0.402. The van der Waals surface area contributed by atoms with Crippen molar-refractivity contribution in [3.05, 3.63) is 95.4 Å². The van der Waals surface area contributed by atoms with Gasteiger partial charge in [0.1, 0.15) is 0 Å². The Labute approximate surface area is 161 Å². The Balaban J connectivity index is 1.71. The molecule has 0 bridgehead atoms. The Morgan fingerprint density at radius 2 is 1.67 bits per heavy atom. The monoisotopic (exact) mass is 377 g/mol. The van der Waals surface area contributed by atoms with Crippen molar-refractivity contribution in [1.82, 2.24) is 19.6 Å². The number of hydrogen-bond acceptors (Lipinski definition) is 3. The summed E-state index contributed by atoms with van der Waals surface area (Å²) >= 11 is 6.28. The number of benzene rings is 2. The molecule has 1 N–H and O–H groups in total. The summed E-state index contributed by atoms with van der Waals surface area (Å²) in [5.41, 5.74) is 1.83. The van der Waals surface area contributed by atoms with Crippen LogP contribution in [0.25, 0.3) is 5.82 Å². The number of nitrogens with zero attached hydrogens (tertiary/aromatic N) is 4. The lowest BCUT2D eigenvalue weighted by Gasteiger charge is -2.10. The molecule has 0 saturated heterocycles. The van der Waals surface area contributed by atoms with Crippen LogP contribution in [0.3, 0.4) is 0 Å². The molecule has 0 atom stereocenters. The van der Waals surface area contributed by atoms with Crippen LogP contribution in [0.5, 0.6) is 0 Å². The van der Waals surface area contributed by atoms with E-state index in [1.807, 2.05) is 83.7 Å². The number of carbonyl (C=O) groups excluding carboxylic acids is 1. The fraction of sp³-hybridized carbons (Fsp3) is 0.0500. The summed E-state index contributed by atoms with van der Waals surface area (Å²) in [7, 11) is 0. The van der Waals surface area contributed by atoms with Crippen LogP contribution in [-0.4, -0.2) is 25.5 Å². The van der Waals surface area contributed by atoms with Gasteiger partial charge in [0.15, 0.2) is 11.5 Å². The first kappa shape index (κ1) is 17.1. The van der Waals surface area contributed by atoms with Crippen molar-refractivity contribution in [2.45, 2.75) is 6.54 Å². The molecule has 4 rings (SSSR count). The lowest BCUT2D eigenvalue weighted by atomic mass is 10.2. The Morgan fingerprint density at radius 3 is 2.41 bits per heavy atom. The molecule has 2 aromatic heterocycles. The molecule has 0 aliphatic carbocycles. The van der Waals surface area contributed by atoms with E-state index in [1.165, 1.54) is 0 Å². The van der Waals surface area contributed by atoms with E-state index in [0.717, 1.165) is 5.56 Å². The SMILES string of the molecule is O=C(Nc1ccccc1)c1nnn(Cc2ccccc2Cl)c1-n1cccc1. The molecule has 0 aliphatic rings. The summed E-state index contributed by atoms with van der Waals surface area (Å²) in [6.07, 6.45) is 3.70. The van der Waals surface area contributed by atoms with E-state index in [2.05, 4.69) is 15.6 Å². The Hall–Kier alpha value is -3.38. The van der Waals surface area contributed by atoms with E-state index in [9.17, 15) is 4.79 Å². The maximum atomic E-state index is 12.8. The van der Waals surface area contributed by atoms with Crippen LogP contribution in [-0.2, 0) is 6.54 Å². The molecule has 27 heavy (non-hydrogen) atoms. The Kier molecular flexibility index (Phi) is 4.72. The number of halogens is 1. The lowest BCUT2D eigenvalue weighted by Crippen LogP contribution is -2.16. The van der Waals surface area contributed by atoms with Crippen molar-refractivity contribution in [3.8, 4) is 5.82 Å². The zero-order valence-electron chi connectivity index (χ0n) is 14.3. The first-order valence-corrected chi connectivity index (χ1v) is 8.77. The van der Waals surface area contributed by atoms with Gasteiger partial charge in [0.25, 0.3) is 5.91 Å². The van der Waals surface area contributed by atoms with Gasteiger partial charge in [-0.1, -0.05) is 53.2 Å². The van der Waals surface area contributed by atoms with Crippen LogP contribution in [0.2, 0.25) is 5.02 Å². The molecule has 0 spiro atoms. The number of amides is 1. The highest BCUT2D eigenvalue weighted by molar-refractivity contribution is 6.31. The molecule has 0 fully saturated rings. The summed E-state index contributed by atoms with van der Waals surface area (Å²) in [5, 5.41) is 11.8. The molecule has 4 aromatic rings. The van der Waals surface area contributed by atoms with Crippen LogP contribution in [0.15, 0.2) is 79.1 Å². The molecule has 2 aromatic carbocycles. The second kappa shape index (κ2) is 7.47. The van der Waals surface area contributed by atoms with Gasteiger partial charge in [-0.25, -0.2) is 4.68 Å². The van der Waals surface area contributed by atoms with Crippen LogP contribution < -0.4 is 5.32 Å². The fourth-order valence-electron chi connectivity index (χ4n) is 2.79. The summed E-state index contributed by atoms with van der Waals surface area (Å²) in [5.74, 6) is 0.253. The van der Waals surface area contributed by atoms with Crippen molar-refractivity contribution >= 4 is 23.2 Å². The minimum Gasteiger partial charge on any atom is -0.320 e. The van der Waals surface area contributed by atoms with Gasteiger partial charge in [-0.05, 0) is 35.9 Å². The van der Waals surface area contributed by atoms with Gasteiger partial charge in [-0.15, -0.1) is 5.10 Å². The maximum Gasteiger partial charge on any atom is 0.280 e. The third-order valence-electron chi connectivity index (χ3n) is 4.08. The quantitative estimate of drug-likeness (QED) is 0.571. The average molecular weight is 378 g/mol. The molecule has 1 amide bonds. The minimum absolute atomic E-state index is 0.238. The third kappa shape index (κ3) is 3.61. The van der Waals surface area contributed by atoms with Gasteiger partial charge in [-0.2, -0.15) is 0 Å². The van der Waals surface area contributed by atoms with Crippen molar-refractivity contribution in [2.75, 3.05) is 5.32 Å². The second-order valence-corrected chi connectivity index (χ2v) is 6.33. The fourth-order valence-corrected chi connectivity index (χ4v) is 2.99. The molecule has 0 unspecified atom stereocenters. The van der Waals surface area contributed by atoms with E-state index < -0.39 is 0 Å². The number of para-hydroxylation sites is 1. The highest BCUT2D eigenvalue weighted by atomic mass is 35.5. The molecule has 2 heterocycles. The maximum absolute atomic E-state index is 12.8. The first-order valence-electron chi connectivity index (χ1n) is 8.39. The third-order valence-corrected chi connectivity index (χ3v) is 4.45. The van der Waals surface area contributed by atoms with E-state index in [0.29, 0.717) is 23.1 Å². The minimum atomic E-state index is -0.324.